The fourth-order valence-corrected chi connectivity index (χ4v) is 3.42. The zero-order chi connectivity index (χ0) is 15.0. The number of carbonyl (C=O) groups excluding carboxylic acids is 1. The van der Waals surface area contributed by atoms with Crippen molar-refractivity contribution in [3.8, 4) is 0 Å². The molecule has 2 aromatic carbocycles. The van der Waals surface area contributed by atoms with Crippen LogP contribution in [0.2, 0.25) is 5.02 Å². The first kappa shape index (κ1) is 14.6. The molecule has 0 aromatic heterocycles. The highest BCUT2D eigenvalue weighted by molar-refractivity contribution is 9.10. The van der Waals surface area contributed by atoms with Crippen LogP contribution in [0.1, 0.15) is 27.9 Å². The second kappa shape index (κ2) is 5.82. The molecule has 1 aliphatic rings. The Morgan fingerprint density at radius 2 is 2.10 bits per heavy atom. The van der Waals surface area contributed by atoms with Gasteiger partial charge < -0.3 is 4.90 Å². The third-order valence-corrected chi connectivity index (χ3v) is 4.65. The molecule has 21 heavy (non-hydrogen) atoms. The molecule has 2 nitrogen and oxygen atoms in total. The lowest BCUT2D eigenvalue weighted by Gasteiger charge is -2.31. The summed E-state index contributed by atoms with van der Waals surface area (Å²) in [5.74, 6) is -0.0310. The Hall–Kier alpha value is -1.32. The number of amides is 1. The van der Waals surface area contributed by atoms with Crippen molar-refractivity contribution in [1.82, 2.24) is 0 Å². The lowest BCUT2D eigenvalue weighted by Crippen LogP contribution is -2.36. The molecular weight excluding hydrogens is 350 g/mol. The van der Waals surface area contributed by atoms with Gasteiger partial charge in [-0.15, -0.1) is 0 Å². The minimum atomic E-state index is -0.0310. The van der Waals surface area contributed by atoms with Gasteiger partial charge in [0.1, 0.15) is 0 Å². The van der Waals surface area contributed by atoms with E-state index in [1.807, 2.05) is 30.0 Å². The van der Waals surface area contributed by atoms with Crippen molar-refractivity contribution in [3.05, 3.63) is 62.6 Å². The highest BCUT2D eigenvalue weighted by Crippen LogP contribution is 2.33. The van der Waals surface area contributed by atoms with Gasteiger partial charge in [-0.05, 0) is 49.1 Å². The van der Waals surface area contributed by atoms with Gasteiger partial charge in [-0.3, -0.25) is 4.79 Å². The predicted molar refractivity (Wildman–Crippen MR) is 90.3 cm³/mol. The largest absolute Gasteiger partial charge is 0.308 e. The average Bonchev–Trinajstić information content (AvgIpc) is 2.49. The van der Waals surface area contributed by atoms with Crippen LogP contribution in [0, 0.1) is 6.92 Å². The minimum absolute atomic E-state index is 0.0310. The third-order valence-electron chi connectivity index (χ3n) is 3.82. The second-order valence-corrected chi connectivity index (χ2v) is 6.59. The zero-order valence-electron chi connectivity index (χ0n) is 11.7. The first-order valence-corrected chi connectivity index (χ1v) is 8.10. The Kier molecular flexibility index (Phi) is 4.05. The fraction of sp³-hybridized carbons (Fsp3) is 0.235. The molecule has 0 atom stereocenters. The minimum Gasteiger partial charge on any atom is -0.308 e. The van der Waals surface area contributed by atoms with Gasteiger partial charge in [-0.2, -0.15) is 0 Å². The van der Waals surface area contributed by atoms with Crippen LogP contribution < -0.4 is 4.90 Å². The van der Waals surface area contributed by atoms with E-state index in [4.69, 9.17) is 11.6 Å². The summed E-state index contributed by atoms with van der Waals surface area (Å²) in [7, 11) is 0. The molecule has 0 bridgehead atoms. The molecule has 0 saturated heterocycles. The van der Waals surface area contributed by atoms with E-state index in [9.17, 15) is 4.79 Å². The van der Waals surface area contributed by atoms with E-state index in [1.54, 1.807) is 12.1 Å². The van der Waals surface area contributed by atoms with Crippen molar-refractivity contribution < 1.29 is 4.79 Å². The Bertz CT molecular complexity index is 714. The number of rotatable bonds is 1. The van der Waals surface area contributed by atoms with E-state index in [1.165, 1.54) is 5.56 Å². The fourth-order valence-electron chi connectivity index (χ4n) is 2.86. The maximum atomic E-state index is 12.9. The van der Waals surface area contributed by atoms with Crippen LogP contribution >= 0.6 is 27.5 Å². The summed E-state index contributed by atoms with van der Waals surface area (Å²) in [6.07, 6.45) is 2.00. The van der Waals surface area contributed by atoms with Crippen LogP contribution in [0.4, 0.5) is 5.69 Å². The molecule has 3 rings (SSSR count). The number of fused-ring (bicyclic) bond motifs is 1. The lowest BCUT2D eigenvalue weighted by atomic mass is 9.97. The molecule has 0 aliphatic carbocycles. The van der Waals surface area contributed by atoms with Crippen molar-refractivity contribution in [2.45, 2.75) is 19.8 Å². The quantitative estimate of drug-likeness (QED) is 0.697. The highest BCUT2D eigenvalue weighted by Gasteiger charge is 2.26. The number of nitrogens with zero attached hydrogens (tertiary/aromatic N) is 1. The Labute approximate surface area is 137 Å². The summed E-state index contributed by atoms with van der Waals surface area (Å²) >= 11 is 9.61. The summed E-state index contributed by atoms with van der Waals surface area (Å²) in [6, 6.07) is 11.6. The van der Waals surface area contributed by atoms with Crippen LogP contribution in [0.25, 0.3) is 0 Å². The van der Waals surface area contributed by atoms with Crippen molar-refractivity contribution in [2.24, 2.45) is 0 Å². The van der Waals surface area contributed by atoms with Crippen LogP contribution in [0.3, 0.4) is 0 Å². The van der Waals surface area contributed by atoms with E-state index in [-0.39, 0.29) is 5.91 Å². The van der Waals surface area contributed by atoms with Crippen LogP contribution in [0.15, 0.2) is 40.9 Å². The SMILES string of the molecule is Cc1cccc2c1N(C(=O)c1cc(Br)ccc1Cl)CCC2. The van der Waals surface area contributed by atoms with Crippen LogP contribution in [-0.4, -0.2) is 12.5 Å². The van der Waals surface area contributed by atoms with Gasteiger partial charge in [-0.1, -0.05) is 45.7 Å². The second-order valence-electron chi connectivity index (χ2n) is 5.27. The first-order chi connectivity index (χ1) is 10.1. The van der Waals surface area contributed by atoms with E-state index in [2.05, 4.69) is 22.0 Å². The van der Waals surface area contributed by atoms with Crippen molar-refractivity contribution in [1.29, 1.82) is 0 Å². The monoisotopic (exact) mass is 363 g/mol. The number of halogens is 2. The Balaban J connectivity index is 2.06. The van der Waals surface area contributed by atoms with Gasteiger partial charge in [0.2, 0.25) is 0 Å². The van der Waals surface area contributed by atoms with Crippen molar-refractivity contribution in [2.75, 3.05) is 11.4 Å². The number of aryl methyl sites for hydroxylation is 2. The van der Waals surface area contributed by atoms with E-state index in [0.29, 0.717) is 10.6 Å². The van der Waals surface area contributed by atoms with Gasteiger partial charge >= 0.3 is 0 Å². The van der Waals surface area contributed by atoms with E-state index < -0.39 is 0 Å². The maximum absolute atomic E-state index is 12.9. The highest BCUT2D eigenvalue weighted by atomic mass is 79.9. The summed E-state index contributed by atoms with van der Waals surface area (Å²) in [4.78, 5) is 14.8. The summed E-state index contributed by atoms with van der Waals surface area (Å²) in [5.41, 5.74) is 3.96. The number of carbonyl (C=O) groups is 1. The van der Waals surface area contributed by atoms with Gasteiger partial charge in [0.15, 0.2) is 0 Å². The number of anilines is 1. The molecule has 2 aromatic rings. The summed E-state index contributed by atoms with van der Waals surface area (Å²) in [5, 5.41) is 0.490. The molecule has 1 heterocycles. The molecule has 4 heteroatoms. The molecule has 1 amide bonds. The smallest absolute Gasteiger partial charge is 0.259 e. The van der Waals surface area contributed by atoms with Crippen molar-refractivity contribution >= 4 is 39.1 Å². The molecule has 1 aliphatic heterocycles. The average molecular weight is 365 g/mol. The van der Waals surface area contributed by atoms with Gasteiger partial charge in [0, 0.05) is 11.0 Å². The molecule has 0 unspecified atom stereocenters. The van der Waals surface area contributed by atoms with Gasteiger partial charge in [0.25, 0.3) is 5.91 Å². The number of benzene rings is 2. The molecule has 108 valence electrons. The Morgan fingerprint density at radius 3 is 2.90 bits per heavy atom. The number of hydrogen-bond donors (Lipinski definition) is 0. The number of hydrogen-bond acceptors (Lipinski definition) is 1. The molecule has 0 radical (unpaired) electrons. The van der Waals surface area contributed by atoms with E-state index >= 15 is 0 Å². The molecule has 0 saturated carbocycles. The predicted octanol–water partition coefficient (Wildman–Crippen LogP) is 5.00. The van der Waals surface area contributed by atoms with Gasteiger partial charge in [0.05, 0.1) is 16.3 Å². The van der Waals surface area contributed by atoms with Crippen LogP contribution in [-0.2, 0) is 6.42 Å². The third kappa shape index (κ3) is 2.72. The van der Waals surface area contributed by atoms with Crippen LogP contribution in [0.5, 0.6) is 0 Å². The first-order valence-electron chi connectivity index (χ1n) is 6.93. The molecule has 0 fully saturated rings. The lowest BCUT2D eigenvalue weighted by molar-refractivity contribution is 0.0985. The molecule has 0 spiro atoms. The normalized spacial score (nSPS) is 14.0. The zero-order valence-corrected chi connectivity index (χ0v) is 14.0. The number of para-hydroxylation sites is 1. The maximum Gasteiger partial charge on any atom is 0.259 e. The van der Waals surface area contributed by atoms with E-state index in [0.717, 1.165) is 35.1 Å². The summed E-state index contributed by atoms with van der Waals surface area (Å²) < 4.78 is 0.859. The summed E-state index contributed by atoms with van der Waals surface area (Å²) in [6.45, 7) is 2.78. The molecule has 0 N–H and O–H groups in total. The Morgan fingerprint density at radius 1 is 1.29 bits per heavy atom. The molecular formula is C17H15BrClNO. The standard InChI is InChI=1S/C17H15BrClNO/c1-11-4-2-5-12-6-3-9-20(16(11)12)17(21)14-10-13(18)7-8-15(14)19/h2,4-5,7-8,10H,3,6,9H2,1H3. The van der Waals surface area contributed by atoms with Crippen molar-refractivity contribution in [3.63, 3.8) is 0 Å². The topological polar surface area (TPSA) is 20.3 Å². The van der Waals surface area contributed by atoms with Gasteiger partial charge in [-0.25, -0.2) is 0 Å².